The molecule has 0 saturated carbocycles. The van der Waals surface area contributed by atoms with Crippen molar-refractivity contribution in [3.05, 3.63) is 28.2 Å². The molecule has 1 amide bonds. The van der Waals surface area contributed by atoms with Crippen LogP contribution in [0.4, 0.5) is 0 Å². The molecule has 2 aromatic rings. The van der Waals surface area contributed by atoms with Crippen LogP contribution in [0.5, 0.6) is 0 Å². The number of aliphatic hydroxyl groups is 1. The first-order valence-electron chi connectivity index (χ1n) is 6.27. The second-order valence-electron chi connectivity index (χ2n) is 4.33. The van der Waals surface area contributed by atoms with Crippen LogP contribution in [0.2, 0.25) is 4.34 Å². The van der Waals surface area contributed by atoms with E-state index in [9.17, 15) is 9.90 Å². The fraction of sp³-hybridized carbons (Fsp3) is 0.385. The summed E-state index contributed by atoms with van der Waals surface area (Å²) in [6, 6.07) is 5.11. The molecule has 2 aromatic heterocycles. The van der Waals surface area contributed by atoms with Crippen LogP contribution in [-0.4, -0.2) is 42.5 Å². The third-order valence-electron chi connectivity index (χ3n) is 2.68. The van der Waals surface area contributed by atoms with Crippen molar-refractivity contribution in [3.8, 4) is 10.6 Å². The van der Waals surface area contributed by atoms with E-state index in [4.69, 9.17) is 20.9 Å². The lowest BCUT2D eigenvalue weighted by Gasteiger charge is -2.09. The molecule has 0 spiro atoms. The molecule has 0 radical (unpaired) electrons. The first-order chi connectivity index (χ1) is 10.1. The number of nitrogens with one attached hydrogen (secondary N) is 1. The number of carbonyl (C=O) groups excluding carboxylic acids is 1. The summed E-state index contributed by atoms with van der Waals surface area (Å²) in [7, 11) is 1.51. The second kappa shape index (κ2) is 7.56. The van der Waals surface area contributed by atoms with Gasteiger partial charge in [-0.05, 0) is 18.6 Å². The first-order valence-corrected chi connectivity index (χ1v) is 7.47. The van der Waals surface area contributed by atoms with Gasteiger partial charge < -0.3 is 19.7 Å². The van der Waals surface area contributed by atoms with E-state index in [1.54, 1.807) is 18.2 Å². The molecule has 6 nitrogen and oxygen atoms in total. The lowest BCUT2D eigenvalue weighted by atomic mass is 10.2. The smallest absolute Gasteiger partial charge is 0.273 e. The third kappa shape index (κ3) is 4.53. The molecule has 1 atom stereocenters. The Morgan fingerprint density at radius 1 is 1.62 bits per heavy atom. The fourth-order valence-electron chi connectivity index (χ4n) is 1.66. The van der Waals surface area contributed by atoms with Crippen LogP contribution in [0.1, 0.15) is 16.9 Å². The van der Waals surface area contributed by atoms with E-state index in [2.05, 4.69) is 10.5 Å². The molecule has 2 rings (SSSR count). The zero-order chi connectivity index (χ0) is 15.2. The van der Waals surface area contributed by atoms with Crippen molar-refractivity contribution in [1.29, 1.82) is 0 Å². The van der Waals surface area contributed by atoms with E-state index < -0.39 is 6.10 Å². The van der Waals surface area contributed by atoms with Crippen molar-refractivity contribution in [2.75, 3.05) is 20.3 Å². The Balaban J connectivity index is 1.87. The molecule has 1 unspecified atom stereocenters. The number of aromatic nitrogens is 1. The minimum absolute atomic E-state index is 0.191. The number of halogens is 1. The number of hydrogen-bond acceptors (Lipinski definition) is 6. The highest BCUT2D eigenvalue weighted by Gasteiger charge is 2.15. The predicted octanol–water partition coefficient (Wildman–Crippen LogP) is 2.18. The van der Waals surface area contributed by atoms with Gasteiger partial charge in [-0.1, -0.05) is 16.8 Å². The normalized spacial score (nSPS) is 12.3. The number of methoxy groups -OCH3 is 1. The van der Waals surface area contributed by atoms with Gasteiger partial charge in [0.25, 0.3) is 5.91 Å². The SMILES string of the molecule is COCC(O)CCNC(=O)c1cc(-c2ccc(Cl)s2)on1. The zero-order valence-electron chi connectivity index (χ0n) is 11.3. The summed E-state index contributed by atoms with van der Waals surface area (Å²) in [6.45, 7) is 0.569. The van der Waals surface area contributed by atoms with Crippen LogP contribution < -0.4 is 5.32 Å². The molecule has 0 aliphatic heterocycles. The molecular formula is C13H15ClN2O4S. The van der Waals surface area contributed by atoms with Gasteiger partial charge in [0, 0.05) is 19.7 Å². The van der Waals surface area contributed by atoms with Crippen molar-refractivity contribution in [2.24, 2.45) is 0 Å². The third-order valence-corrected chi connectivity index (χ3v) is 3.93. The molecule has 0 bridgehead atoms. The molecule has 8 heteroatoms. The molecule has 21 heavy (non-hydrogen) atoms. The van der Waals surface area contributed by atoms with Gasteiger partial charge in [-0.15, -0.1) is 11.3 Å². The number of hydrogen-bond donors (Lipinski definition) is 2. The summed E-state index contributed by atoms with van der Waals surface area (Å²) < 4.78 is 10.6. The van der Waals surface area contributed by atoms with Crippen LogP contribution in [-0.2, 0) is 4.74 Å². The molecule has 0 saturated heterocycles. The van der Waals surface area contributed by atoms with Crippen LogP contribution >= 0.6 is 22.9 Å². The van der Waals surface area contributed by atoms with Crippen molar-refractivity contribution in [2.45, 2.75) is 12.5 Å². The Labute approximate surface area is 130 Å². The molecule has 114 valence electrons. The number of carbonyl (C=O) groups is 1. The molecule has 0 aliphatic carbocycles. The molecule has 0 fully saturated rings. The number of ether oxygens (including phenoxy) is 1. The Hall–Kier alpha value is -1.41. The van der Waals surface area contributed by atoms with Gasteiger partial charge in [0.2, 0.25) is 0 Å². The van der Waals surface area contributed by atoms with Gasteiger partial charge in [0.05, 0.1) is 21.9 Å². The summed E-state index contributed by atoms with van der Waals surface area (Å²) in [5.74, 6) is 0.147. The van der Waals surface area contributed by atoms with Crippen LogP contribution in [0, 0.1) is 0 Å². The summed E-state index contributed by atoms with van der Waals surface area (Å²) in [5.41, 5.74) is 0.191. The maximum absolute atomic E-state index is 11.9. The van der Waals surface area contributed by atoms with E-state index in [0.717, 1.165) is 4.88 Å². The van der Waals surface area contributed by atoms with Crippen molar-refractivity contribution in [1.82, 2.24) is 10.5 Å². The fourth-order valence-corrected chi connectivity index (χ4v) is 2.66. The summed E-state index contributed by atoms with van der Waals surface area (Å²) >= 11 is 7.19. The Bertz CT molecular complexity index is 599. The zero-order valence-corrected chi connectivity index (χ0v) is 12.9. The van der Waals surface area contributed by atoms with Crippen LogP contribution in [0.3, 0.4) is 0 Å². The largest absolute Gasteiger partial charge is 0.391 e. The highest BCUT2D eigenvalue weighted by atomic mass is 35.5. The number of amides is 1. The topological polar surface area (TPSA) is 84.6 Å². The molecule has 2 heterocycles. The standard InChI is InChI=1S/C13H15ClN2O4S/c1-19-7-8(17)4-5-15-13(18)9-6-10(20-16-9)11-2-3-12(14)21-11/h2-3,6,8,17H,4-5,7H2,1H3,(H,15,18). The monoisotopic (exact) mass is 330 g/mol. The van der Waals surface area contributed by atoms with E-state index in [-0.39, 0.29) is 18.2 Å². The average molecular weight is 331 g/mol. The van der Waals surface area contributed by atoms with Crippen molar-refractivity contribution in [3.63, 3.8) is 0 Å². The Morgan fingerprint density at radius 3 is 3.10 bits per heavy atom. The quantitative estimate of drug-likeness (QED) is 0.813. The maximum atomic E-state index is 11.9. The average Bonchev–Trinajstić information content (AvgIpc) is 3.07. The van der Waals surface area contributed by atoms with Gasteiger partial charge in [-0.3, -0.25) is 4.79 Å². The minimum Gasteiger partial charge on any atom is -0.391 e. The minimum atomic E-state index is -0.601. The van der Waals surface area contributed by atoms with Crippen molar-refractivity contribution < 1.29 is 19.2 Å². The first kappa shape index (κ1) is 16.0. The molecule has 2 N–H and O–H groups in total. The van der Waals surface area contributed by atoms with Gasteiger partial charge >= 0.3 is 0 Å². The van der Waals surface area contributed by atoms with E-state index in [1.807, 2.05) is 0 Å². The second-order valence-corrected chi connectivity index (χ2v) is 6.05. The number of rotatable bonds is 7. The van der Waals surface area contributed by atoms with Gasteiger partial charge in [-0.25, -0.2) is 0 Å². The summed E-state index contributed by atoms with van der Waals surface area (Å²) in [4.78, 5) is 12.7. The predicted molar refractivity (Wildman–Crippen MR) is 79.7 cm³/mol. The van der Waals surface area contributed by atoms with Gasteiger partial charge in [-0.2, -0.15) is 0 Å². The highest BCUT2D eigenvalue weighted by molar-refractivity contribution is 7.19. The van der Waals surface area contributed by atoms with E-state index in [1.165, 1.54) is 18.4 Å². The summed E-state index contributed by atoms with van der Waals surface area (Å²) in [5, 5.41) is 15.8. The van der Waals surface area contributed by atoms with E-state index >= 15 is 0 Å². The van der Waals surface area contributed by atoms with Gasteiger partial charge in [0.15, 0.2) is 11.5 Å². The highest BCUT2D eigenvalue weighted by Crippen LogP contribution is 2.31. The maximum Gasteiger partial charge on any atom is 0.273 e. The summed E-state index contributed by atoms with van der Waals surface area (Å²) in [6.07, 6.45) is -0.193. The number of aliphatic hydroxyl groups excluding tert-OH is 1. The molecule has 0 aliphatic rings. The molecule has 0 aromatic carbocycles. The van der Waals surface area contributed by atoms with Gasteiger partial charge in [0.1, 0.15) is 0 Å². The van der Waals surface area contributed by atoms with E-state index in [0.29, 0.717) is 23.1 Å². The number of thiophene rings is 1. The lowest BCUT2D eigenvalue weighted by molar-refractivity contribution is 0.0587. The Kier molecular flexibility index (Phi) is 5.75. The van der Waals surface area contributed by atoms with Crippen LogP contribution in [0.25, 0.3) is 10.6 Å². The Morgan fingerprint density at radius 2 is 2.43 bits per heavy atom. The number of nitrogens with zero attached hydrogens (tertiary/aromatic N) is 1. The molecular weight excluding hydrogens is 316 g/mol. The van der Waals surface area contributed by atoms with Crippen LogP contribution in [0.15, 0.2) is 22.7 Å². The lowest BCUT2D eigenvalue weighted by Crippen LogP contribution is -2.28. The van der Waals surface area contributed by atoms with Crippen molar-refractivity contribution >= 4 is 28.8 Å².